The lowest BCUT2D eigenvalue weighted by atomic mass is 10.0. The Morgan fingerprint density at radius 3 is 1.00 bits per heavy atom. The fraction of sp³-hybridized carbons (Fsp3) is 0.776. The number of unbranched alkanes of at least 4 members (excludes halogenated alkanes) is 37. The van der Waals surface area contributed by atoms with E-state index in [0.717, 1.165) is 83.5 Å². The number of carbonyl (C=O) groups is 3. The van der Waals surface area contributed by atoms with E-state index in [1.807, 2.05) is 21.1 Å². The molecule has 0 saturated carbocycles. The number of carboxylic acids is 1. The average molecular weight is 1190 g/mol. The molecule has 0 rings (SSSR count). The van der Waals surface area contributed by atoms with Crippen LogP contribution < -0.4 is 0 Å². The summed E-state index contributed by atoms with van der Waals surface area (Å²) in [6.07, 6.45) is 87.0. The van der Waals surface area contributed by atoms with Gasteiger partial charge in [0.2, 0.25) is 0 Å². The Labute approximate surface area is 525 Å². The summed E-state index contributed by atoms with van der Waals surface area (Å²) in [6.45, 7) is 4.81. The van der Waals surface area contributed by atoms with Gasteiger partial charge in [-0.2, -0.15) is 0 Å². The van der Waals surface area contributed by atoms with Crippen molar-refractivity contribution in [2.24, 2.45) is 0 Å². The monoisotopic (exact) mass is 1190 g/mol. The molecule has 2 unspecified atom stereocenters. The summed E-state index contributed by atoms with van der Waals surface area (Å²) in [5.74, 6) is -1.99. The molecule has 2 atom stereocenters. The van der Waals surface area contributed by atoms with Crippen molar-refractivity contribution in [3.05, 3.63) is 85.1 Å². The zero-order valence-electron chi connectivity index (χ0n) is 56.3. The normalized spacial score (nSPS) is 13.2. The molecule has 0 bridgehead atoms. The highest BCUT2D eigenvalue weighted by molar-refractivity contribution is 5.71. The number of hydrogen-bond donors (Lipinski definition) is 1. The van der Waals surface area contributed by atoms with E-state index in [9.17, 15) is 19.5 Å². The zero-order valence-corrected chi connectivity index (χ0v) is 56.3. The third kappa shape index (κ3) is 67.8. The summed E-state index contributed by atoms with van der Waals surface area (Å²) in [7, 11) is 5.98. The topological polar surface area (TPSA) is 108 Å². The van der Waals surface area contributed by atoms with Crippen molar-refractivity contribution < 1.29 is 42.9 Å². The molecule has 0 fully saturated rings. The fourth-order valence-electron chi connectivity index (χ4n) is 10.2. The fourth-order valence-corrected chi connectivity index (χ4v) is 10.2. The zero-order chi connectivity index (χ0) is 61.9. The van der Waals surface area contributed by atoms with Gasteiger partial charge >= 0.3 is 17.9 Å². The Morgan fingerprint density at radius 2 is 0.671 bits per heavy atom. The number of allylic oxidation sites excluding steroid dienone is 14. The van der Waals surface area contributed by atoms with Crippen LogP contribution in [0, 0.1) is 0 Å². The second kappa shape index (κ2) is 66.4. The van der Waals surface area contributed by atoms with E-state index >= 15 is 0 Å². The van der Waals surface area contributed by atoms with E-state index in [2.05, 4.69) is 98.9 Å². The standard InChI is InChI=1S/C76H135NO8/c1-6-8-10-12-14-16-18-20-22-24-26-28-30-32-33-34-35-36-37-38-39-40-41-43-45-47-49-51-53-55-57-59-61-63-65-67-74(79)85-72(71-84-76(75(80)81)82-69-68-77(3,4)5)70-83-73(78)66-64-62-60-58-56-54-52-50-48-46-44-42-31-29-27-25-23-21-19-17-15-13-11-9-7-2/h8,10,14,16,20,22,26,28,32-33,35-36,38-39,72,76H,6-7,9,11-13,15,17-19,21,23-25,27,29-31,34,37,40-71H2,1-5H3/p+1/b10-8-,16-14-,22-20-,28-26-,33-32-,36-35-,39-38-. The van der Waals surface area contributed by atoms with Gasteiger partial charge in [0.1, 0.15) is 13.2 Å². The lowest BCUT2D eigenvalue weighted by molar-refractivity contribution is -0.870. The van der Waals surface area contributed by atoms with Crippen LogP contribution in [0.5, 0.6) is 0 Å². The van der Waals surface area contributed by atoms with Crippen LogP contribution in [0.1, 0.15) is 322 Å². The predicted octanol–water partition coefficient (Wildman–Crippen LogP) is 22.2. The van der Waals surface area contributed by atoms with Gasteiger partial charge in [0.25, 0.3) is 6.29 Å². The number of nitrogens with zero attached hydrogens (tertiary/aromatic N) is 1. The van der Waals surface area contributed by atoms with Crippen molar-refractivity contribution in [2.75, 3.05) is 47.5 Å². The maximum atomic E-state index is 13.0. The van der Waals surface area contributed by atoms with Crippen LogP contribution in [0.4, 0.5) is 0 Å². The molecule has 0 aliphatic rings. The molecule has 0 saturated heterocycles. The number of quaternary nitrogens is 1. The number of ether oxygens (including phenoxy) is 4. The molecule has 0 aliphatic carbocycles. The molecule has 9 nitrogen and oxygen atoms in total. The summed E-state index contributed by atoms with van der Waals surface area (Å²) in [4.78, 5) is 37.6. The molecule has 0 amide bonds. The van der Waals surface area contributed by atoms with Crippen LogP contribution in [-0.4, -0.2) is 87.4 Å². The van der Waals surface area contributed by atoms with Crippen LogP contribution in [0.25, 0.3) is 0 Å². The SMILES string of the molecule is CC/C=C\C/C=C\C/C=C\C/C=C\C/C=C\C/C=C\C/C=C\CCCCCCCCCCCCCCCC(=O)OC(COC(=O)CCCCCCCCCCCCCCCCCCCCCCCCCCC)COC(OCC[N+](C)(C)C)C(=O)O. The van der Waals surface area contributed by atoms with Gasteiger partial charge in [0.05, 0.1) is 34.4 Å². The maximum Gasteiger partial charge on any atom is 0.361 e. The van der Waals surface area contributed by atoms with Crippen molar-refractivity contribution >= 4 is 17.9 Å². The molecule has 0 aromatic carbocycles. The van der Waals surface area contributed by atoms with Gasteiger partial charge in [0.15, 0.2) is 6.10 Å². The second-order valence-electron chi connectivity index (χ2n) is 25.2. The lowest BCUT2D eigenvalue weighted by Crippen LogP contribution is -2.40. The third-order valence-electron chi connectivity index (χ3n) is 15.7. The number of carboxylic acid groups (broad SMARTS) is 1. The van der Waals surface area contributed by atoms with Crippen LogP contribution in [0.3, 0.4) is 0 Å². The summed E-state index contributed by atoms with van der Waals surface area (Å²) in [5, 5.41) is 9.75. The van der Waals surface area contributed by atoms with Gasteiger partial charge < -0.3 is 28.5 Å². The largest absolute Gasteiger partial charge is 0.477 e. The number of hydrogen-bond acceptors (Lipinski definition) is 7. The molecule has 0 aromatic rings. The van der Waals surface area contributed by atoms with Crippen molar-refractivity contribution in [1.82, 2.24) is 0 Å². The number of aliphatic carboxylic acids is 1. The third-order valence-corrected chi connectivity index (χ3v) is 15.7. The highest BCUT2D eigenvalue weighted by Crippen LogP contribution is 2.18. The van der Waals surface area contributed by atoms with Gasteiger partial charge in [-0.15, -0.1) is 0 Å². The van der Waals surface area contributed by atoms with Gasteiger partial charge in [-0.05, 0) is 70.6 Å². The highest BCUT2D eigenvalue weighted by atomic mass is 16.7. The van der Waals surface area contributed by atoms with Gasteiger partial charge in [-0.1, -0.05) is 324 Å². The van der Waals surface area contributed by atoms with E-state index in [1.165, 1.54) is 212 Å². The summed E-state index contributed by atoms with van der Waals surface area (Å²) in [5.41, 5.74) is 0. The van der Waals surface area contributed by atoms with Crippen LogP contribution in [0.2, 0.25) is 0 Å². The molecular formula is C76H136NO8+. The number of likely N-dealkylation sites (N-methyl/N-ethyl adjacent to an activating group) is 1. The molecule has 0 aliphatic heterocycles. The predicted molar refractivity (Wildman–Crippen MR) is 364 cm³/mol. The first-order valence-corrected chi connectivity index (χ1v) is 35.8. The molecule has 492 valence electrons. The van der Waals surface area contributed by atoms with E-state index in [0.29, 0.717) is 17.4 Å². The number of esters is 2. The van der Waals surface area contributed by atoms with Gasteiger partial charge in [-0.3, -0.25) is 9.59 Å². The van der Waals surface area contributed by atoms with Crippen LogP contribution in [-0.2, 0) is 33.3 Å². The lowest BCUT2D eigenvalue weighted by Gasteiger charge is -2.25. The molecule has 0 spiro atoms. The van der Waals surface area contributed by atoms with E-state index < -0.39 is 24.3 Å². The Bertz CT molecular complexity index is 1670. The average Bonchev–Trinajstić information content (AvgIpc) is 3.48. The summed E-state index contributed by atoms with van der Waals surface area (Å²) in [6, 6.07) is 0. The van der Waals surface area contributed by atoms with E-state index in [1.54, 1.807) is 0 Å². The van der Waals surface area contributed by atoms with Crippen molar-refractivity contribution in [2.45, 2.75) is 334 Å². The van der Waals surface area contributed by atoms with E-state index in [-0.39, 0.29) is 32.2 Å². The number of carbonyl (C=O) groups excluding carboxylic acids is 2. The summed E-state index contributed by atoms with van der Waals surface area (Å²) < 4.78 is 23.0. The summed E-state index contributed by atoms with van der Waals surface area (Å²) >= 11 is 0. The van der Waals surface area contributed by atoms with Crippen LogP contribution >= 0.6 is 0 Å². The van der Waals surface area contributed by atoms with Gasteiger partial charge in [-0.25, -0.2) is 4.79 Å². The molecular weight excluding hydrogens is 1050 g/mol. The van der Waals surface area contributed by atoms with Gasteiger partial charge in [0, 0.05) is 12.8 Å². The Kier molecular flexibility index (Phi) is 63.7. The molecule has 0 aromatic heterocycles. The maximum absolute atomic E-state index is 13.0. The first kappa shape index (κ1) is 81.5. The molecule has 0 heterocycles. The Balaban J connectivity index is 4.10. The molecule has 1 N–H and O–H groups in total. The Morgan fingerprint density at radius 1 is 0.365 bits per heavy atom. The quantitative estimate of drug-likeness (QED) is 0.0211. The first-order chi connectivity index (χ1) is 41.6. The van der Waals surface area contributed by atoms with Crippen molar-refractivity contribution in [3.63, 3.8) is 0 Å². The van der Waals surface area contributed by atoms with Crippen molar-refractivity contribution in [1.29, 1.82) is 0 Å². The molecule has 0 radical (unpaired) electrons. The van der Waals surface area contributed by atoms with E-state index in [4.69, 9.17) is 18.9 Å². The smallest absolute Gasteiger partial charge is 0.361 e. The first-order valence-electron chi connectivity index (χ1n) is 35.8. The molecule has 9 heteroatoms. The number of rotatable bonds is 66. The minimum Gasteiger partial charge on any atom is -0.477 e. The molecule has 85 heavy (non-hydrogen) atoms. The highest BCUT2D eigenvalue weighted by Gasteiger charge is 2.25. The van der Waals surface area contributed by atoms with Crippen molar-refractivity contribution in [3.8, 4) is 0 Å². The van der Waals surface area contributed by atoms with Crippen LogP contribution in [0.15, 0.2) is 85.1 Å². The minimum atomic E-state index is -1.51. The minimum absolute atomic E-state index is 0.181. The Hall–Kier alpha value is -3.53. The second-order valence-corrected chi connectivity index (χ2v) is 25.2.